The third-order valence-electron chi connectivity index (χ3n) is 5.06. The van der Waals surface area contributed by atoms with E-state index in [4.69, 9.17) is 0 Å². The molecule has 150 valence electrons. The molecule has 0 saturated carbocycles. The molecule has 2 aromatic rings. The zero-order valence-corrected chi connectivity index (χ0v) is 18.1. The first-order valence-electron chi connectivity index (χ1n) is 9.53. The number of sulfonamides is 1. The van der Waals surface area contributed by atoms with Crippen molar-refractivity contribution >= 4 is 37.5 Å². The van der Waals surface area contributed by atoms with Gasteiger partial charge in [0, 0.05) is 23.5 Å². The summed E-state index contributed by atoms with van der Waals surface area (Å²) in [6.07, 6.45) is 2.46. The van der Waals surface area contributed by atoms with E-state index in [1.165, 1.54) is 0 Å². The molecule has 0 unspecified atom stereocenters. The fraction of sp³-hybridized carbons (Fsp3) is 0.381. The molecule has 0 radical (unpaired) electrons. The Hall–Kier alpha value is -1.70. The number of nitrogens with one attached hydrogen (secondary N) is 1. The van der Waals surface area contributed by atoms with Gasteiger partial charge >= 0.3 is 0 Å². The van der Waals surface area contributed by atoms with Crippen LogP contribution >= 0.6 is 15.9 Å². The van der Waals surface area contributed by atoms with E-state index in [2.05, 4.69) is 21.2 Å². The summed E-state index contributed by atoms with van der Waals surface area (Å²) in [5.41, 5.74) is 1.89. The van der Waals surface area contributed by atoms with Crippen molar-refractivity contribution in [3.63, 3.8) is 0 Å². The highest BCUT2D eigenvalue weighted by atomic mass is 79.9. The van der Waals surface area contributed by atoms with E-state index in [1.54, 1.807) is 4.31 Å². The Balaban J connectivity index is 1.47. The minimum atomic E-state index is -3.27. The number of halogens is 1. The van der Waals surface area contributed by atoms with E-state index in [9.17, 15) is 13.2 Å². The molecule has 0 spiro atoms. The first-order valence-corrected chi connectivity index (χ1v) is 11.9. The van der Waals surface area contributed by atoms with Crippen LogP contribution in [0.3, 0.4) is 0 Å². The number of hydrogen-bond donors (Lipinski definition) is 1. The lowest BCUT2D eigenvalue weighted by molar-refractivity contribution is -0.120. The van der Waals surface area contributed by atoms with Gasteiger partial charge in [-0.2, -0.15) is 0 Å². The molecule has 1 heterocycles. The zero-order valence-electron chi connectivity index (χ0n) is 15.7. The molecule has 3 rings (SSSR count). The maximum absolute atomic E-state index is 12.6. The number of aryl methyl sites for hydroxylation is 1. The fourth-order valence-corrected chi connectivity index (χ4v) is 5.34. The number of para-hydroxylation sites is 1. The number of anilines is 1. The number of rotatable bonds is 7. The number of carbonyl (C=O) groups excluding carboxylic acids is 1. The second-order valence-corrected chi connectivity index (χ2v) is 9.99. The molecular formula is C21H25BrN2O3S. The quantitative estimate of drug-likeness (QED) is 0.671. The highest BCUT2D eigenvalue weighted by Crippen LogP contribution is 2.25. The lowest BCUT2D eigenvalue weighted by atomic mass is 9.97. The van der Waals surface area contributed by atoms with E-state index in [1.807, 2.05) is 54.6 Å². The number of carbonyl (C=O) groups is 1. The monoisotopic (exact) mass is 464 g/mol. The van der Waals surface area contributed by atoms with Gasteiger partial charge in [-0.25, -0.2) is 12.7 Å². The largest absolute Gasteiger partial charge is 0.325 e. The van der Waals surface area contributed by atoms with Gasteiger partial charge in [-0.3, -0.25) is 4.79 Å². The molecule has 28 heavy (non-hydrogen) atoms. The van der Waals surface area contributed by atoms with Crippen molar-refractivity contribution in [3.8, 4) is 0 Å². The minimum absolute atomic E-state index is 0.0481. The Bertz CT molecular complexity index is 895. The van der Waals surface area contributed by atoms with Crippen LogP contribution in [0.25, 0.3) is 0 Å². The molecule has 7 heteroatoms. The van der Waals surface area contributed by atoms with Gasteiger partial charge in [0.2, 0.25) is 15.9 Å². The van der Waals surface area contributed by atoms with Crippen LogP contribution in [-0.2, 0) is 21.2 Å². The van der Waals surface area contributed by atoms with Crippen molar-refractivity contribution in [2.75, 3.05) is 24.2 Å². The maximum atomic E-state index is 12.6. The third-order valence-corrected chi connectivity index (χ3v) is 7.71. The minimum Gasteiger partial charge on any atom is -0.325 e. The molecule has 0 aliphatic carbocycles. The van der Waals surface area contributed by atoms with Crippen LogP contribution in [0.1, 0.15) is 24.8 Å². The van der Waals surface area contributed by atoms with Crippen LogP contribution in [0.4, 0.5) is 5.69 Å². The molecule has 0 atom stereocenters. The van der Waals surface area contributed by atoms with E-state index < -0.39 is 10.0 Å². The number of hydrogen-bond acceptors (Lipinski definition) is 3. The highest BCUT2D eigenvalue weighted by molar-refractivity contribution is 9.10. The lowest BCUT2D eigenvalue weighted by Crippen LogP contribution is -2.42. The Labute approximate surface area is 175 Å². The zero-order chi connectivity index (χ0) is 20.0. The maximum Gasteiger partial charge on any atom is 0.227 e. The van der Waals surface area contributed by atoms with E-state index in [0.717, 1.165) is 22.1 Å². The van der Waals surface area contributed by atoms with Gasteiger partial charge < -0.3 is 5.32 Å². The normalized spacial score (nSPS) is 16.0. The Morgan fingerprint density at radius 2 is 1.68 bits per heavy atom. The summed E-state index contributed by atoms with van der Waals surface area (Å²) in [7, 11) is -3.27. The fourth-order valence-electron chi connectivity index (χ4n) is 3.43. The van der Waals surface area contributed by atoms with Crippen LogP contribution < -0.4 is 5.32 Å². The van der Waals surface area contributed by atoms with Crippen LogP contribution in [0.15, 0.2) is 59.1 Å². The topological polar surface area (TPSA) is 66.5 Å². The van der Waals surface area contributed by atoms with E-state index >= 15 is 0 Å². The summed E-state index contributed by atoms with van der Waals surface area (Å²) in [5.74, 6) is -0.0636. The highest BCUT2D eigenvalue weighted by Gasteiger charge is 2.30. The summed E-state index contributed by atoms with van der Waals surface area (Å²) in [6.45, 7) is 0.809. The molecule has 0 bridgehead atoms. The van der Waals surface area contributed by atoms with Gasteiger partial charge in [0.25, 0.3) is 0 Å². The van der Waals surface area contributed by atoms with Gasteiger partial charge in [0.1, 0.15) is 0 Å². The molecule has 0 aromatic heterocycles. The molecule has 1 amide bonds. The van der Waals surface area contributed by atoms with Gasteiger partial charge in [0.05, 0.1) is 11.4 Å². The molecule has 1 aliphatic heterocycles. The summed E-state index contributed by atoms with van der Waals surface area (Å²) in [6, 6.07) is 17.4. The van der Waals surface area contributed by atoms with Gasteiger partial charge in [-0.05, 0) is 59.3 Å². The van der Waals surface area contributed by atoms with Crippen molar-refractivity contribution in [1.29, 1.82) is 0 Å². The SMILES string of the molecule is O=C(Nc1ccccc1Br)C1CCN(S(=O)(=O)CCCc2ccccc2)CC1. The van der Waals surface area contributed by atoms with Crippen LogP contribution in [0.5, 0.6) is 0 Å². The number of nitrogens with zero attached hydrogens (tertiary/aromatic N) is 1. The molecular weight excluding hydrogens is 440 g/mol. The van der Waals surface area contributed by atoms with E-state index in [0.29, 0.717) is 32.4 Å². The van der Waals surface area contributed by atoms with Gasteiger partial charge in [-0.1, -0.05) is 42.5 Å². The Kier molecular flexibility index (Phi) is 7.26. The van der Waals surface area contributed by atoms with Crippen molar-refractivity contribution < 1.29 is 13.2 Å². The average Bonchev–Trinajstić information content (AvgIpc) is 2.70. The van der Waals surface area contributed by atoms with Gasteiger partial charge in [0.15, 0.2) is 0 Å². The van der Waals surface area contributed by atoms with Crippen LogP contribution in [0, 0.1) is 5.92 Å². The van der Waals surface area contributed by atoms with E-state index in [-0.39, 0.29) is 17.6 Å². The standard InChI is InChI=1S/C21H25BrN2O3S/c22-19-10-4-5-11-20(19)23-21(25)18-12-14-24(15-13-18)28(26,27)16-6-9-17-7-2-1-3-8-17/h1-5,7-8,10-11,18H,6,9,12-16H2,(H,23,25). The molecule has 1 aliphatic rings. The smallest absolute Gasteiger partial charge is 0.227 e. The number of piperidine rings is 1. The summed E-state index contributed by atoms with van der Waals surface area (Å²) >= 11 is 3.42. The Morgan fingerprint density at radius 1 is 1.04 bits per heavy atom. The van der Waals surface area contributed by atoms with Crippen LogP contribution in [-0.4, -0.2) is 37.5 Å². The summed E-state index contributed by atoms with van der Waals surface area (Å²) < 4.78 is 27.6. The number of benzene rings is 2. The van der Waals surface area contributed by atoms with Crippen molar-refractivity contribution in [2.24, 2.45) is 5.92 Å². The second-order valence-electron chi connectivity index (χ2n) is 7.05. The third kappa shape index (κ3) is 5.65. The van der Waals surface area contributed by atoms with Gasteiger partial charge in [-0.15, -0.1) is 0 Å². The molecule has 1 fully saturated rings. The van der Waals surface area contributed by atoms with Crippen molar-refractivity contribution in [2.45, 2.75) is 25.7 Å². The molecule has 5 nitrogen and oxygen atoms in total. The summed E-state index contributed by atoms with van der Waals surface area (Å²) in [5, 5.41) is 2.93. The predicted molar refractivity (Wildman–Crippen MR) is 116 cm³/mol. The molecule has 2 aromatic carbocycles. The molecule has 1 saturated heterocycles. The van der Waals surface area contributed by atoms with Crippen LogP contribution in [0.2, 0.25) is 0 Å². The van der Waals surface area contributed by atoms with Crippen molar-refractivity contribution in [3.05, 3.63) is 64.6 Å². The summed E-state index contributed by atoms with van der Waals surface area (Å²) in [4.78, 5) is 12.5. The first-order chi connectivity index (χ1) is 13.5. The predicted octanol–water partition coefficient (Wildman–Crippen LogP) is 4.06. The molecule has 1 N–H and O–H groups in total. The van der Waals surface area contributed by atoms with Crippen molar-refractivity contribution in [1.82, 2.24) is 4.31 Å². The Morgan fingerprint density at radius 3 is 2.36 bits per heavy atom. The first kappa shape index (κ1) is 21.0. The lowest BCUT2D eigenvalue weighted by Gasteiger charge is -2.30. The number of amides is 1. The second kappa shape index (κ2) is 9.67. The average molecular weight is 465 g/mol.